The summed E-state index contributed by atoms with van der Waals surface area (Å²) in [4.78, 5) is 12.4. The van der Waals surface area contributed by atoms with Gasteiger partial charge in [-0.05, 0) is 39.0 Å². The molecule has 0 radical (unpaired) electrons. The SMILES string of the molecule is Cc1oc(C)c(C(=O)c2cc(F)ccc2Cl)c1C. The minimum Gasteiger partial charge on any atom is -0.466 e. The van der Waals surface area contributed by atoms with Crippen LogP contribution in [0.2, 0.25) is 5.02 Å². The van der Waals surface area contributed by atoms with E-state index in [0.717, 1.165) is 11.6 Å². The lowest BCUT2D eigenvalue weighted by Gasteiger charge is -2.04. The van der Waals surface area contributed by atoms with Gasteiger partial charge in [-0.15, -0.1) is 0 Å². The molecular formula is C14H12ClFO2. The molecule has 2 rings (SSSR count). The number of halogens is 2. The molecule has 1 heterocycles. The molecule has 0 spiro atoms. The lowest BCUT2D eigenvalue weighted by atomic mass is 10.00. The van der Waals surface area contributed by atoms with Crippen LogP contribution in [-0.4, -0.2) is 5.78 Å². The maximum atomic E-state index is 13.2. The predicted molar refractivity (Wildman–Crippen MR) is 67.8 cm³/mol. The first-order valence-electron chi connectivity index (χ1n) is 5.48. The van der Waals surface area contributed by atoms with Gasteiger partial charge in [0, 0.05) is 11.1 Å². The highest BCUT2D eigenvalue weighted by Crippen LogP contribution is 2.27. The Morgan fingerprint density at radius 1 is 1.22 bits per heavy atom. The first-order valence-corrected chi connectivity index (χ1v) is 5.86. The molecule has 94 valence electrons. The normalized spacial score (nSPS) is 10.7. The van der Waals surface area contributed by atoms with E-state index >= 15 is 0 Å². The monoisotopic (exact) mass is 266 g/mol. The number of benzene rings is 1. The molecule has 0 aliphatic rings. The van der Waals surface area contributed by atoms with Gasteiger partial charge in [0.25, 0.3) is 0 Å². The topological polar surface area (TPSA) is 30.2 Å². The maximum absolute atomic E-state index is 13.2. The van der Waals surface area contributed by atoms with Crippen molar-refractivity contribution < 1.29 is 13.6 Å². The second-order valence-corrected chi connectivity index (χ2v) is 4.57. The average Bonchev–Trinajstić information content (AvgIpc) is 2.56. The maximum Gasteiger partial charge on any atom is 0.198 e. The first-order chi connectivity index (χ1) is 8.41. The van der Waals surface area contributed by atoms with Gasteiger partial charge >= 0.3 is 0 Å². The van der Waals surface area contributed by atoms with Crippen LogP contribution in [0.3, 0.4) is 0 Å². The third-order valence-electron chi connectivity index (χ3n) is 2.96. The standard InChI is InChI=1S/C14H12ClFO2/c1-7-8(2)18-9(3)13(7)14(17)11-6-10(16)4-5-12(11)15/h4-6H,1-3H3. The van der Waals surface area contributed by atoms with E-state index in [1.807, 2.05) is 0 Å². The Kier molecular flexibility index (Phi) is 3.26. The van der Waals surface area contributed by atoms with Crippen molar-refractivity contribution in [3.05, 3.63) is 57.2 Å². The fourth-order valence-corrected chi connectivity index (χ4v) is 2.14. The van der Waals surface area contributed by atoms with Crippen LogP contribution in [0.4, 0.5) is 4.39 Å². The zero-order valence-corrected chi connectivity index (χ0v) is 11.1. The molecule has 0 saturated carbocycles. The second kappa shape index (κ2) is 4.58. The molecule has 4 heteroatoms. The molecule has 2 nitrogen and oxygen atoms in total. The summed E-state index contributed by atoms with van der Waals surface area (Å²) in [7, 11) is 0. The van der Waals surface area contributed by atoms with Gasteiger partial charge in [0.2, 0.25) is 0 Å². The minimum absolute atomic E-state index is 0.156. The molecule has 0 fully saturated rings. The number of ketones is 1. The van der Waals surface area contributed by atoms with Crippen molar-refractivity contribution >= 4 is 17.4 Å². The van der Waals surface area contributed by atoms with E-state index in [1.165, 1.54) is 12.1 Å². The molecule has 0 N–H and O–H groups in total. The van der Waals surface area contributed by atoms with Crippen molar-refractivity contribution in [2.45, 2.75) is 20.8 Å². The molecule has 0 saturated heterocycles. The highest BCUT2D eigenvalue weighted by Gasteiger charge is 2.22. The molecule has 0 aliphatic heterocycles. The van der Waals surface area contributed by atoms with Crippen LogP contribution < -0.4 is 0 Å². The predicted octanol–water partition coefficient (Wildman–Crippen LogP) is 4.23. The number of carbonyl (C=O) groups is 1. The van der Waals surface area contributed by atoms with Crippen molar-refractivity contribution in [2.24, 2.45) is 0 Å². The summed E-state index contributed by atoms with van der Waals surface area (Å²) in [5.74, 6) is 0.406. The van der Waals surface area contributed by atoms with Crippen LogP contribution in [0.5, 0.6) is 0 Å². The highest BCUT2D eigenvalue weighted by molar-refractivity contribution is 6.35. The van der Waals surface area contributed by atoms with Crippen molar-refractivity contribution in [1.29, 1.82) is 0 Å². The summed E-state index contributed by atoms with van der Waals surface area (Å²) in [6.07, 6.45) is 0. The van der Waals surface area contributed by atoms with Crippen molar-refractivity contribution in [2.75, 3.05) is 0 Å². The van der Waals surface area contributed by atoms with Crippen molar-refractivity contribution in [3.8, 4) is 0 Å². The van der Waals surface area contributed by atoms with Crippen LogP contribution in [0.25, 0.3) is 0 Å². The summed E-state index contributed by atoms with van der Waals surface area (Å²) < 4.78 is 18.6. The van der Waals surface area contributed by atoms with E-state index in [4.69, 9.17) is 16.0 Å². The van der Waals surface area contributed by atoms with E-state index in [9.17, 15) is 9.18 Å². The molecule has 0 atom stereocenters. The van der Waals surface area contributed by atoms with E-state index < -0.39 is 5.82 Å². The van der Waals surface area contributed by atoms with E-state index in [-0.39, 0.29) is 16.4 Å². The number of aryl methyl sites for hydroxylation is 2. The summed E-state index contributed by atoms with van der Waals surface area (Å²) in [6, 6.07) is 3.74. The van der Waals surface area contributed by atoms with E-state index in [1.54, 1.807) is 20.8 Å². The number of rotatable bonds is 2. The molecular weight excluding hydrogens is 255 g/mol. The number of hydrogen-bond acceptors (Lipinski definition) is 2. The quantitative estimate of drug-likeness (QED) is 0.762. The Bertz CT molecular complexity index is 629. The van der Waals surface area contributed by atoms with Crippen LogP contribution in [0.1, 0.15) is 33.0 Å². The van der Waals surface area contributed by atoms with Gasteiger partial charge in [0.05, 0.1) is 10.6 Å². The van der Waals surface area contributed by atoms with Crippen LogP contribution >= 0.6 is 11.6 Å². The Morgan fingerprint density at radius 2 is 1.89 bits per heavy atom. The Morgan fingerprint density at radius 3 is 2.44 bits per heavy atom. The lowest BCUT2D eigenvalue weighted by Crippen LogP contribution is -2.05. The van der Waals surface area contributed by atoms with E-state index in [0.29, 0.717) is 17.1 Å². The molecule has 1 aromatic carbocycles. The van der Waals surface area contributed by atoms with Gasteiger partial charge in [-0.3, -0.25) is 4.79 Å². The van der Waals surface area contributed by atoms with E-state index in [2.05, 4.69) is 0 Å². The smallest absolute Gasteiger partial charge is 0.198 e. The van der Waals surface area contributed by atoms with Crippen LogP contribution in [0, 0.1) is 26.6 Å². The molecule has 0 unspecified atom stereocenters. The average molecular weight is 267 g/mol. The third-order valence-corrected chi connectivity index (χ3v) is 3.29. The largest absolute Gasteiger partial charge is 0.466 e. The van der Waals surface area contributed by atoms with Gasteiger partial charge in [-0.2, -0.15) is 0 Å². The van der Waals surface area contributed by atoms with Gasteiger partial charge in [0.15, 0.2) is 5.78 Å². The summed E-state index contributed by atoms with van der Waals surface area (Å²) >= 11 is 5.93. The number of furan rings is 1. The van der Waals surface area contributed by atoms with Crippen molar-refractivity contribution in [3.63, 3.8) is 0 Å². The molecule has 1 aromatic heterocycles. The highest BCUT2D eigenvalue weighted by atomic mass is 35.5. The zero-order chi connectivity index (χ0) is 13.4. The van der Waals surface area contributed by atoms with Gasteiger partial charge < -0.3 is 4.42 Å². The molecule has 0 amide bonds. The fourth-order valence-electron chi connectivity index (χ4n) is 1.93. The van der Waals surface area contributed by atoms with Crippen LogP contribution in [-0.2, 0) is 0 Å². The molecule has 0 bridgehead atoms. The number of carbonyl (C=O) groups excluding carboxylic acids is 1. The molecule has 2 aromatic rings. The van der Waals surface area contributed by atoms with Gasteiger partial charge in [0.1, 0.15) is 17.3 Å². The molecule has 18 heavy (non-hydrogen) atoms. The van der Waals surface area contributed by atoms with Crippen LogP contribution in [0.15, 0.2) is 22.6 Å². The first kappa shape index (κ1) is 12.8. The number of hydrogen-bond donors (Lipinski definition) is 0. The summed E-state index contributed by atoms with van der Waals surface area (Å²) in [6.45, 7) is 5.29. The molecule has 0 aliphatic carbocycles. The summed E-state index contributed by atoms with van der Waals surface area (Å²) in [5, 5.41) is 0.235. The second-order valence-electron chi connectivity index (χ2n) is 4.17. The Labute approximate surface area is 109 Å². The Hall–Kier alpha value is -1.61. The minimum atomic E-state index is -0.488. The fraction of sp³-hybridized carbons (Fsp3) is 0.214. The lowest BCUT2D eigenvalue weighted by molar-refractivity contribution is 0.103. The van der Waals surface area contributed by atoms with Gasteiger partial charge in [-0.1, -0.05) is 11.6 Å². The zero-order valence-electron chi connectivity index (χ0n) is 10.3. The van der Waals surface area contributed by atoms with Crippen molar-refractivity contribution in [1.82, 2.24) is 0 Å². The van der Waals surface area contributed by atoms with Gasteiger partial charge in [-0.25, -0.2) is 4.39 Å². The third kappa shape index (κ3) is 2.06. The summed E-state index contributed by atoms with van der Waals surface area (Å²) in [5.41, 5.74) is 1.38. The Balaban J connectivity index is 2.58.